The van der Waals surface area contributed by atoms with Gasteiger partial charge in [-0.25, -0.2) is 0 Å². The number of unbranched alkanes of at least 4 members (excludes halogenated alkanes) is 13. The van der Waals surface area contributed by atoms with Crippen LogP contribution in [-0.4, -0.2) is 69.1 Å². The number of rotatable bonds is 16. The highest BCUT2D eigenvalue weighted by atomic mass is 32.2. The second kappa shape index (κ2) is 14.6. The van der Waals surface area contributed by atoms with Gasteiger partial charge in [0.15, 0.2) is 5.17 Å². The van der Waals surface area contributed by atoms with Crippen molar-refractivity contribution in [1.29, 1.82) is 0 Å². The van der Waals surface area contributed by atoms with Crippen LogP contribution in [0.25, 0.3) is 0 Å². The van der Waals surface area contributed by atoms with Crippen LogP contribution in [-0.2, 0) is 0 Å². The monoisotopic (exact) mass is 414 g/mol. The molecule has 0 aromatic heterocycles. The normalized spacial score (nSPS) is 25.8. The van der Waals surface area contributed by atoms with Gasteiger partial charge in [0.2, 0.25) is 0 Å². The minimum absolute atomic E-state index is 0.0602. The summed E-state index contributed by atoms with van der Waals surface area (Å²) in [5, 5.41) is 29.5. The maximum atomic E-state index is 9.93. The Kier molecular flexibility index (Phi) is 12.5. The van der Waals surface area contributed by atoms with Gasteiger partial charge in [0, 0.05) is 25.4 Å². The summed E-state index contributed by atoms with van der Waals surface area (Å²) < 4.78 is 0. The first-order valence-corrected chi connectivity index (χ1v) is 12.6. The quantitative estimate of drug-likeness (QED) is 0.333. The standard InChI is InChI=1S/C22H42N2O3S/c25-16-14-12-10-8-6-4-2-1-3-5-7-9-11-13-15-23-22-24-17-20(26)21(27)19(24)18-28-22/h19-21,25-27H,1-18H2/t19-,20-,21+/m1/s1. The largest absolute Gasteiger partial charge is 0.396 e. The highest BCUT2D eigenvalue weighted by Crippen LogP contribution is 2.32. The first-order chi connectivity index (χ1) is 13.7. The molecule has 3 atom stereocenters. The Morgan fingerprint density at radius 2 is 1.29 bits per heavy atom. The molecule has 2 saturated heterocycles. The molecule has 0 aliphatic carbocycles. The van der Waals surface area contributed by atoms with Crippen molar-refractivity contribution in [1.82, 2.24) is 4.90 Å². The summed E-state index contributed by atoms with van der Waals surface area (Å²) in [6.45, 7) is 1.75. The molecule has 2 aliphatic heterocycles. The Morgan fingerprint density at radius 3 is 1.82 bits per heavy atom. The van der Waals surface area contributed by atoms with Crippen molar-refractivity contribution in [2.75, 3.05) is 25.4 Å². The fourth-order valence-electron chi connectivity index (χ4n) is 4.19. The van der Waals surface area contributed by atoms with Gasteiger partial charge >= 0.3 is 0 Å². The zero-order valence-corrected chi connectivity index (χ0v) is 18.4. The average molecular weight is 415 g/mol. The molecule has 0 radical (unpaired) electrons. The summed E-state index contributed by atoms with van der Waals surface area (Å²) in [4.78, 5) is 6.80. The van der Waals surface area contributed by atoms with E-state index in [4.69, 9.17) is 10.1 Å². The summed E-state index contributed by atoms with van der Waals surface area (Å²) in [6.07, 6.45) is 16.9. The fraction of sp³-hybridized carbons (Fsp3) is 0.955. The predicted octanol–water partition coefficient (Wildman–Crippen LogP) is 3.95. The molecule has 2 fully saturated rings. The van der Waals surface area contributed by atoms with E-state index in [1.807, 2.05) is 0 Å². The number of fused-ring (bicyclic) bond motifs is 1. The third-order valence-electron chi connectivity index (χ3n) is 6.01. The maximum absolute atomic E-state index is 9.93. The Bertz CT molecular complexity index is 436. The lowest BCUT2D eigenvalue weighted by Gasteiger charge is -2.17. The lowest BCUT2D eigenvalue weighted by atomic mass is 10.0. The first kappa shape index (κ1) is 24.0. The number of aliphatic hydroxyl groups excluding tert-OH is 3. The predicted molar refractivity (Wildman–Crippen MR) is 119 cm³/mol. The zero-order valence-electron chi connectivity index (χ0n) is 17.6. The Balaban J connectivity index is 1.34. The molecule has 0 unspecified atom stereocenters. The van der Waals surface area contributed by atoms with Gasteiger partial charge in [0.05, 0.1) is 12.1 Å². The molecule has 0 spiro atoms. The van der Waals surface area contributed by atoms with E-state index in [-0.39, 0.29) is 6.04 Å². The van der Waals surface area contributed by atoms with E-state index in [0.29, 0.717) is 13.2 Å². The SMILES string of the molecule is OCCCCCCCCCCCCCCCCN=C1SC[C@@H]2[C@H](O)[C@H](O)CN12. The van der Waals surface area contributed by atoms with Crippen LogP contribution in [0.2, 0.25) is 0 Å². The zero-order chi connectivity index (χ0) is 20.0. The van der Waals surface area contributed by atoms with Crippen molar-refractivity contribution >= 4 is 16.9 Å². The van der Waals surface area contributed by atoms with Crippen LogP contribution in [0.3, 0.4) is 0 Å². The van der Waals surface area contributed by atoms with Crippen molar-refractivity contribution in [2.24, 2.45) is 4.99 Å². The highest BCUT2D eigenvalue weighted by molar-refractivity contribution is 8.14. The van der Waals surface area contributed by atoms with Gasteiger partial charge in [0.1, 0.15) is 6.10 Å². The fourth-order valence-corrected chi connectivity index (χ4v) is 5.45. The van der Waals surface area contributed by atoms with Gasteiger partial charge < -0.3 is 20.2 Å². The number of amidine groups is 1. The van der Waals surface area contributed by atoms with E-state index in [1.165, 1.54) is 77.0 Å². The summed E-state index contributed by atoms with van der Waals surface area (Å²) in [5.74, 6) is 0.848. The van der Waals surface area contributed by atoms with Crippen molar-refractivity contribution in [3.63, 3.8) is 0 Å². The number of aliphatic hydroxyl groups is 3. The van der Waals surface area contributed by atoms with E-state index >= 15 is 0 Å². The number of aliphatic imine (C=N–C) groups is 1. The van der Waals surface area contributed by atoms with E-state index in [0.717, 1.165) is 30.3 Å². The van der Waals surface area contributed by atoms with E-state index in [9.17, 15) is 10.2 Å². The third-order valence-corrected chi connectivity index (χ3v) is 7.14. The van der Waals surface area contributed by atoms with Gasteiger partial charge in [-0.2, -0.15) is 0 Å². The lowest BCUT2D eigenvalue weighted by Crippen LogP contribution is -2.34. The number of thioether (sulfide) groups is 1. The lowest BCUT2D eigenvalue weighted by molar-refractivity contribution is 0.0437. The summed E-state index contributed by atoms with van der Waals surface area (Å²) in [7, 11) is 0. The molecule has 2 heterocycles. The van der Waals surface area contributed by atoms with Crippen molar-refractivity contribution < 1.29 is 15.3 Å². The third kappa shape index (κ3) is 8.60. The Morgan fingerprint density at radius 1 is 0.786 bits per heavy atom. The number of hydrogen-bond donors (Lipinski definition) is 3. The van der Waals surface area contributed by atoms with Crippen LogP contribution >= 0.6 is 11.8 Å². The molecule has 28 heavy (non-hydrogen) atoms. The van der Waals surface area contributed by atoms with Gasteiger partial charge in [-0.15, -0.1) is 0 Å². The number of hydrogen-bond acceptors (Lipinski definition) is 5. The molecule has 0 bridgehead atoms. The highest BCUT2D eigenvalue weighted by Gasteiger charge is 2.45. The summed E-state index contributed by atoms with van der Waals surface area (Å²) in [5.41, 5.74) is 0. The van der Waals surface area contributed by atoms with Crippen molar-refractivity contribution in [3.05, 3.63) is 0 Å². The molecule has 6 heteroatoms. The van der Waals surface area contributed by atoms with Crippen LogP contribution in [0.5, 0.6) is 0 Å². The first-order valence-electron chi connectivity index (χ1n) is 11.6. The van der Waals surface area contributed by atoms with Gasteiger partial charge in [-0.3, -0.25) is 4.99 Å². The van der Waals surface area contributed by atoms with Crippen LogP contribution in [0.15, 0.2) is 4.99 Å². The van der Waals surface area contributed by atoms with Gasteiger partial charge in [-0.05, 0) is 12.8 Å². The minimum atomic E-state index is -0.618. The molecular weight excluding hydrogens is 372 g/mol. The average Bonchev–Trinajstić information content (AvgIpc) is 3.21. The van der Waals surface area contributed by atoms with Gasteiger partial charge in [-0.1, -0.05) is 88.8 Å². The van der Waals surface area contributed by atoms with Crippen LogP contribution in [0.1, 0.15) is 89.9 Å². The summed E-state index contributed by atoms with van der Waals surface area (Å²) >= 11 is 1.72. The van der Waals surface area contributed by atoms with Gasteiger partial charge in [0.25, 0.3) is 0 Å². The maximum Gasteiger partial charge on any atom is 0.159 e. The smallest absolute Gasteiger partial charge is 0.159 e. The molecule has 3 N–H and O–H groups in total. The molecule has 0 amide bonds. The van der Waals surface area contributed by atoms with Crippen LogP contribution in [0, 0.1) is 0 Å². The molecule has 5 nitrogen and oxygen atoms in total. The van der Waals surface area contributed by atoms with E-state index in [1.54, 1.807) is 11.8 Å². The molecule has 2 rings (SSSR count). The van der Waals surface area contributed by atoms with Crippen LogP contribution in [0.4, 0.5) is 0 Å². The van der Waals surface area contributed by atoms with Crippen molar-refractivity contribution in [2.45, 2.75) is 108 Å². The van der Waals surface area contributed by atoms with Crippen molar-refractivity contribution in [3.8, 4) is 0 Å². The molecule has 0 saturated carbocycles. The molecule has 164 valence electrons. The minimum Gasteiger partial charge on any atom is -0.396 e. The second-order valence-electron chi connectivity index (χ2n) is 8.43. The van der Waals surface area contributed by atoms with Crippen LogP contribution < -0.4 is 0 Å². The molecule has 0 aromatic carbocycles. The molecular formula is C22H42N2O3S. The molecule has 2 aliphatic rings. The number of nitrogens with zero attached hydrogens (tertiary/aromatic N) is 2. The van der Waals surface area contributed by atoms with E-state index < -0.39 is 12.2 Å². The second-order valence-corrected chi connectivity index (χ2v) is 9.41. The Hall–Kier alpha value is -0.300. The topological polar surface area (TPSA) is 76.3 Å². The van der Waals surface area contributed by atoms with E-state index in [2.05, 4.69) is 4.90 Å². The molecule has 0 aromatic rings. The Labute approximate surface area is 176 Å². The summed E-state index contributed by atoms with van der Waals surface area (Å²) in [6, 6.07) is 0.0602.